The Bertz CT molecular complexity index is 803. The summed E-state index contributed by atoms with van der Waals surface area (Å²) in [6.45, 7) is 2.40. The molecular weight excluding hydrogens is 338 g/mol. The summed E-state index contributed by atoms with van der Waals surface area (Å²) in [6.07, 6.45) is 2.38. The van der Waals surface area contributed by atoms with Crippen LogP contribution in [0.4, 0.5) is 0 Å². The molecule has 0 bridgehead atoms. The molecule has 0 radical (unpaired) electrons. The molecule has 3 rings (SSSR count). The topological polar surface area (TPSA) is 85.5 Å². The molecule has 2 amide bonds. The molecule has 132 valence electrons. The lowest BCUT2D eigenvalue weighted by Crippen LogP contribution is -2.50. The standard InChI is InChI=1S/C18H21N3O3S/c1-11-20-15(16(25-11)12-6-5-7-13(10-12)24-2)18(23)21-9-4-3-8-14(21)17(19)22/h5-7,10,14H,3-4,8-9H2,1-2H3,(H2,19,22). The van der Waals surface area contributed by atoms with E-state index in [0.717, 1.165) is 34.0 Å². The van der Waals surface area contributed by atoms with Crippen molar-refractivity contribution in [3.8, 4) is 16.2 Å². The second kappa shape index (κ2) is 7.23. The largest absolute Gasteiger partial charge is 0.497 e. The third-order valence-electron chi connectivity index (χ3n) is 4.36. The number of benzene rings is 1. The van der Waals surface area contributed by atoms with Crippen LogP contribution in [0.5, 0.6) is 5.75 Å². The number of nitrogens with two attached hydrogens (primary N) is 1. The van der Waals surface area contributed by atoms with E-state index in [1.807, 2.05) is 31.2 Å². The molecule has 2 aromatic rings. The number of thiazole rings is 1. The van der Waals surface area contributed by atoms with Gasteiger partial charge in [0.2, 0.25) is 5.91 Å². The van der Waals surface area contributed by atoms with Crippen molar-refractivity contribution < 1.29 is 14.3 Å². The zero-order valence-corrected chi connectivity index (χ0v) is 15.1. The van der Waals surface area contributed by atoms with E-state index in [0.29, 0.717) is 18.7 Å². The van der Waals surface area contributed by atoms with Crippen molar-refractivity contribution >= 4 is 23.2 Å². The summed E-state index contributed by atoms with van der Waals surface area (Å²) in [5.41, 5.74) is 6.75. The van der Waals surface area contributed by atoms with E-state index < -0.39 is 11.9 Å². The van der Waals surface area contributed by atoms with Crippen molar-refractivity contribution in [2.45, 2.75) is 32.2 Å². The number of piperidine rings is 1. The molecule has 1 aliphatic heterocycles. The van der Waals surface area contributed by atoms with E-state index in [1.165, 1.54) is 11.3 Å². The van der Waals surface area contributed by atoms with Gasteiger partial charge in [-0.3, -0.25) is 9.59 Å². The van der Waals surface area contributed by atoms with Crippen LogP contribution in [0.25, 0.3) is 10.4 Å². The van der Waals surface area contributed by atoms with E-state index in [2.05, 4.69) is 4.98 Å². The van der Waals surface area contributed by atoms with Gasteiger partial charge in [0.25, 0.3) is 5.91 Å². The number of hydrogen-bond donors (Lipinski definition) is 1. The number of aryl methyl sites for hydroxylation is 1. The Hall–Kier alpha value is -2.41. The molecule has 1 aliphatic rings. The van der Waals surface area contributed by atoms with Gasteiger partial charge in [-0.05, 0) is 43.9 Å². The fourth-order valence-electron chi connectivity index (χ4n) is 3.14. The van der Waals surface area contributed by atoms with E-state index in [9.17, 15) is 9.59 Å². The highest BCUT2D eigenvalue weighted by Gasteiger charge is 2.33. The van der Waals surface area contributed by atoms with Gasteiger partial charge in [-0.1, -0.05) is 12.1 Å². The second-order valence-electron chi connectivity index (χ2n) is 6.06. The summed E-state index contributed by atoms with van der Waals surface area (Å²) in [5.74, 6) is 0.0311. The number of nitrogens with zero attached hydrogens (tertiary/aromatic N) is 2. The van der Waals surface area contributed by atoms with Crippen LogP contribution in [-0.4, -0.2) is 41.4 Å². The molecule has 1 saturated heterocycles. The minimum Gasteiger partial charge on any atom is -0.497 e. The maximum absolute atomic E-state index is 13.1. The van der Waals surface area contributed by atoms with Gasteiger partial charge in [-0.15, -0.1) is 11.3 Å². The Morgan fingerprint density at radius 2 is 2.16 bits per heavy atom. The highest BCUT2D eigenvalue weighted by molar-refractivity contribution is 7.15. The third kappa shape index (κ3) is 3.51. The highest BCUT2D eigenvalue weighted by atomic mass is 32.1. The lowest BCUT2D eigenvalue weighted by molar-refractivity contribution is -0.123. The molecule has 25 heavy (non-hydrogen) atoms. The predicted molar refractivity (Wildman–Crippen MR) is 96.7 cm³/mol. The molecule has 2 N–H and O–H groups in total. The van der Waals surface area contributed by atoms with Crippen molar-refractivity contribution in [1.29, 1.82) is 0 Å². The van der Waals surface area contributed by atoms with Crippen molar-refractivity contribution in [2.75, 3.05) is 13.7 Å². The molecule has 6 nitrogen and oxygen atoms in total. The van der Waals surface area contributed by atoms with Crippen LogP contribution in [0.1, 0.15) is 34.8 Å². The molecule has 1 aromatic carbocycles. The Labute approximate surface area is 150 Å². The second-order valence-corrected chi connectivity index (χ2v) is 7.26. The van der Waals surface area contributed by atoms with Crippen LogP contribution >= 0.6 is 11.3 Å². The summed E-state index contributed by atoms with van der Waals surface area (Å²) in [6, 6.07) is 6.98. The first-order valence-corrected chi connectivity index (χ1v) is 9.05. The molecule has 0 spiro atoms. The monoisotopic (exact) mass is 359 g/mol. The molecular formula is C18H21N3O3S. The van der Waals surface area contributed by atoms with Crippen molar-refractivity contribution in [2.24, 2.45) is 5.73 Å². The van der Waals surface area contributed by atoms with Gasteiger partial charge in [0, 0.05) is 6.54 Å². The van der Waals surface area contributed by atoms with Gasteiger partial charge in [0.1, 0.15) is 17.5 Å². The van der Waals surface area contributed by atoms with Crippen LogP contribution in [0.15, 0.2) is 24.3 Å². The average molecular weight is 359 g/mol. The summed E-state index contributed by atoms with van der Waals surface area (Å²) in [5, 5.41) is 0.800. The van der Waals surface area contributed by atoms with Crippen LogP contribution in [0.3, 0.4) is 0 Å². The van der Waals surface area contributed by atoms with E-state index in [4.69, 9.17) is 10.5 Å². The van der Waals surface area contributed by atoms with E-state index in [-0.39, 0.29) is 5.91 Å². The number of amides is 2. The maximum Gasteiger partial charge on any atom is 0.274 e. The van der Waals surface area contributed by atoms with E-state index in [1.54, 1.807) is 12.0 Å². The van der Waals surface area contributed by atoms with Gasteiger partial charge in [-0.25, -0.2) is 4.98 Å². The van der Waals surface area contributed by atoms with Crippen LogP contribution in [0.2, 0.25) is 0 Å². The number of carbonyl (C=O) groups excluding carboxylic acids is 2. The number of aromatic nitrogens is 1. The maximum atomic E-state index is 13.1. The Morgan fingerprint density at radius 3 is 2.88 bits per heavy atom. The first-order chi connectivity index (χ1) is 12.0. The molecule has 0 aliphatic carbocycles. The summed E-state index contributed by atoms with van der Waals surface area (Å²) in [7, 11) is 1.61. The molecule has 0 saturated carbocycles. The number of rotatable bonds is 4. The van der Waals surface area contributed by atoms with Crippen LogP contribution in [0, 0.1) is 6.92 Å². The van der Waals surface area contributed by atoms with Crippen molar-refractivity contribution in [3.63, 3.8) is 0 Å². The fourth-order valence-corrected chi connectivity index (χ4v) is 4.05. The molecule has 1 aromatic heterocycles. The molecule has 7 heteroatoms. The van der Waals surface area contributed by atoms with Crippen LogP contribution < -0.4 is 10.5 Å². The number of carbonyl (C=O) groups is 2. The van der Waals surface area contributed by atoms with Crippen LogP contribution in [-0.2, 0) is 4.79 Å². The lowest BCUT2D eigenvalue weighted by atomic mass is 10.0. The summed E-state index contributed by atoms with van der Waals surface area (Å²) < 4.78 is 5.28. The normalized spacial score (nSPS) is 17.4. The first-order valence-electron chi connectivity index (χ1n) is 8.23. The zero-order chi connectivity index (χ0) is 18.0. The highest BCUT2D eigenvalue weighted by Crippen LogP contribution is 2.33. The number of hydrogen-bond acceptors (Lipinski definition) is 5. The fraction of sp³-hybridized carbons (Fsp3) is 0.389. The average Bonchev–Trinajstić information content (AvgIpc) is 3.03. The SMILES string of the molecule is COc1cccc(-c2sc(C)nc2C(=O)N2CCCCC2C(N)=O)c1. The third-order valence-corrected chi connectivity index (χ3v) is 5.38. The smallest absolute Gasteiger partial charge is 0.274 e. The van der Waals surface area contributed by atoms with Crippen molar-refractivity contribution in [1.82, 2.24) is 9.88 Å². The Kier molecular flexibility index (Phi) is 5.03. The van der Waals surface area contributed by atoms with Gasteiger partial charge < -0.3 is 15.4 Å². The molecule has 1 atom stereocenters. The van der Waals surface area contributed by atoms with E-state index >= 15 is 0 Å². The number of ether oxygens (including phenoxy) is 1. The summed E-state index contributed by atoms with van der Waals surface area (Å²) >= 11 is 1.46. The van der Waals surface area contributed by atoms with Gasteiger partial charge in [0.15, 0.2) is 0 Å². The van der Waals surface area contributed by atoms with Gasteiger partial charge in [0.05, 0.1) is 17.0 Å². The minimum absolute atomic E-state index is 0.231. The summed E-state index contributed by atoms with van der Waals surface area (Å²) in [4.78, 5) is 31.7. The Morgan fingerprint density at radius 1 is 1.36 bits per heavy atom. The minimum atomic E-state index is -0.554. The van der Waals surface area contributed by atoms with Gasteiger partial charge in [-0.2, -0.15) is 0 Å². The number of primary amides is 1. The lowest BCUT2D eigenvalue weighted by Gasteiger charge is -2.33. The first kappa shape index (κ1) is 17.4. The predicted octanol–water partition coefficient (Wildman–Crippen LogP) is 2.61. The molecule has 2 heterocycles. The van der Waals surface area contributed by atoms with Gasteiger partial charge >= 0.3 is 0 Å². The Balaban J connectivity index is 1.99. The molecule has 1 fully saturated rings. The van der Waals surface area contributed by atoms with Crippen molar-refractivity contribution in [3.05, 3.63) is 35.0 Å². The number of likely N-dealkylation sites (tertiary alicyclic amines) is 1. The molecule has 1 unspecified atom stereocenters. The quantitative estimate of drug-likeness (QED) is 0.909. The zero-order valence-electron chi connectivity index (χ0n) is 14.3. The number of methoxy groups -OCH3 is 1.